The predicted molar refractivity (Wildman–Crippen MR) is 71.2 cm³/mol. The second kappa shape index (κ2) is 6.01. The molecular weight excluding hydrogens is 266 g/mol. The molecule has 0 aromatic carbocycles. The first-order valence-corrected chi connectivity index (χ1v) is 7.12. The molecule has 1 saturated heterocycles. The van der Waals surface area contributed by atoms with E-state index in [4.69, 9.17) is 5.11 Å². The summed E-state index contributed by atoms with van der Waals surface area (Å²) in [6, 6.07) is -0.261. The maximum atomic E-state index is 12.5. The van der Waals surface area contributed by atoms with Gasteiger partial charge in [0.25, 0.3) is 5.91 Å². The number of hydrogen-bond donors (Lipinski definition) is 1. The molecule has 7 heteroatoms. The van der Waals surface area contributed by atoms with Gasteiger partial charge in [-0.25, -0.2) is 9.97 Å². The second-order valence-electron chi connectivity index (χ2n) is 4.35. The molecular formula is C12H15N3O3S. The number of rotatable bonds is 3. The molecule has 1 N–H and O–H groups in total. The summed E-state index contributed by atoms with van der Waals surface area (Å²) in [7, 11) is 0. The van der Waals surface area contributed by atoms with Crippen LogP contribution < -0.4 is 0 Å². The lowest BCUT2D eigenvalue weighted by Gasteiger charge is -2.34. The van der Waals surface area contributed by atoms with Crippen molar-refractivity contribution in [2.24, 2.45) is 0 Å². The molecule has 0 saturated carbocycles. The zero-order valence-electron chi connectivity index (χ0n) is 10.6. The highest BCUT2D eigenvalue weighted by molar-refractivity contribution is 7.99. The Morgan fingerprint density at radius 1 is 1.58 bits per heavy atom. The summed E-state index contributed by atoms with van der Waals surface area (Å²) in [5, 5.41) is 8.92. The lowest BCUT2D eigenvalue weighted by atomic mass is 10.1. The van der Waals surface area contributed by atoms with Crippen molar-refractivity contribution < 1.29 is 14.7 Å². The van der Waals surface area contributed by atoms with Gasteiger partial charge in [-0.1, -0.05) is 0 Å². The molecule has 1 fully saturated rings. The van der Waals surface area contributed by atoms with Crippen LogP contribution in [0.15, 0.2) is 12.5 Å². The lowest BCUT2D eigenvalue weighted by Crippen LogP contribution is -2.47. The molecule has 2 rings (SSSR count). The zero-order valence-corrected chi connectivity index (χ0v) is 11.4. The molecule has 6 nitrogen and oxygen atoms in total. The van der Waals surface area contributed by atoms with Crippen LogP contribution in [-0.2, 0) is 4.79 Å². The molecule has 0 radical (unpaired) electrons. The minimum absolute atomic E-state index is 0.0223. The fourth-order valence-electron chi connectivity index (χ4n) is 2.05. The Morgan fingerprint density at radius 3 is 3.05 bits per heavy atom. The molecule has 0 aliphatic carbocycles. The van der Waals surface area contributed by atoms with Crippen molar-refractivity contribution in [2.75, 3.05) is 18.1 Å². The minimum atomic E-state index is -0.883. The summed E-state index contributed by atoms with van der Waals surface area (Å²) in [5.41, 5.74) is 1.07. The van der Waals surface area contributed by atoms with Crippen molar-refractivity contribution in [1.29, 1.82) is 0 Å². The summed E-state index contributed by atoms with van der Waals surface area (Å²) >= 11 is 1.68. The first kappa shape index (κ1) is 13.8. The van der Waals surface area contributed by atoms with E-state index in [-0.39, 0.29) is 18.4 Å². The Labute approximate surface area is 115 Å². The van der Waals surface area contributed by atoms with E-state index >= 15 is 0 Å². The number of aromatic nitrogens is 2. The normalized spacial score (nSPS) is 19.2. The van der Waals surface area contributed by atoms with E-state index in [1.165, 1.54) is 12.5 Å². The van der Waals surface area contributed by atoms with Crippen LogP contribution in [0.1, 0.15) is 22.5 Å². The molecule has 0 bridgehead atoms. The van der Waals surface area contributed by atoms with Crippen LogP contribution in [0.25, 0.3) is 0 Å². The van der Waals surface area contributed by atoms with Gasteiger partial charge in [-0.15, -0.1) is 0 Å². The molecule has 1 aliphatic rings. The van der Waals surface area contributed by atoms with Gasteiger partial charge in [0.1, 0.15) is 6.33 Å². The highest BCUT2D eigenvalue weighted by Gasteiger charge is 2.30. The van der Waals surface area contributed by atoms with Crippen LogP contribution in [0.5, 0.6) is 0 Å². The van der Waals surface area contributed by atoms with Gasteiger partial charge >= 0.3 is 5.97 Å². The number of carbonyl (C=O) groups is 2. The van der Waals surface area contributed by atoms with E-state index in [0.29, 0.717) is 23.6 Å². The third-order valence-electron chi connectivity index (χ3n) is 3.04. The van der Waals surface area contributed by atoms with Gasteiger partial charge in [-0.05, 0) is 6.92 Å². The SMILES string of the molecule is Cc1ncncc1C(=O)N1CCSCC1CC(=O)O. The van der Waals surface area contributed by atoms with Gasteiger partial charge in [-0.3, -0.25) is 9.59 Å². The third kappa shape index (κ3) is 3.23. The Balaban J connectivity index is 2.20. The smallest absolute Gasteiger partial charge is 0.305 e. The van der Waals surface area contributed by atoms with E-state index in [1.807, 2.05) is 0 Å². The maximum absolute atomic E-state index is 12.5. The number of aliphatic carboxylic acids is 1. The number of thioether (sulfide) groups is 1. The van der Waals surface area contributed by atoms with Gasteiger partial charge in [0.2, 0.25) is 0 Å². The molecule has 102 valence electrons. The van der Waals surface area contributed by atoms with Crippen molar-refractivity contribution in [3.05, 3.63) is 23.8 Å². The summed E-state index contributed by atoms with van der Waals surface area (Å²) < 4.78 is 0. The average Bonchev–Trinajstić information content (AvgIpc) is 2.38. The monoisotopic (exact) mass is 281 g/mol. The van der Waals surface area contributed by atoms with E-state index in [0.717, 1.165) is 5.75 Å². The fourth-order valence-corrected chi connectivity index (χ4v) is 3.11. The van der Waals surface area contributed by atoms with Crippen molar-refractivity contribution in [3.63, 3.8) is 0 Å². The van der Waals surface area contributed by atoms with E-state index < -0.39 is 5.97 Å². The van der Waals surface area contributed by atoms with Crippen LogP contribution in [-0.4, -0.2) is 55.9 Å². The quantitative estimate of drug-likeness (QED) is 0.883. The number of nitrogens with zero attached hydrogens (tertiary/aromatic N) is 3. The number of carbonyl (C=O) groups excluding carboxylic acids is 1. The molecule has 1 aliphatic heterocycles. The predicted octanol–water partition coefficient (Wildman–Crippen LogP) is 0.817. The summed E-state index contributed by atoms with van der Waals surface area (Å²) in [6.45, 7) is 2.32. The Hall–Kier alpha value is -1.63. The molecule has 2 heterocycles. The van der Waals surface area contributed by atoms with Crippen LogP contribution in [0.3, 0.4) is 0 Å². The third-order valence-corrected chi connectivity index (χ3v) is 4.13. The Kier molecular flexibility index (Phi) is 4.36. The average molecular weight is 281 g/mol. The first-order valence-electron chi connectivity index (χ1n) is 5.96. The Morgan fingerprint density at radius 2 is 2.37 bits per heavy atom. The summed E-state index contributed by atoms with van der Waals surface area (Å²) in [5.74, 6) is 0.426. The molecule has 0 spiro atoms. The number of hydrogen-bond acceptors (Lipinski definition) is 5. The van der Waals surface area contributed by atoms with E-state index in [2.05, 4.69) is 9.97 Å². The largest absolute Gasteiger partial charge is 0.481 e. The minimum Gasteiger partial charge on any atom is -0.481 e. The van der Waals surface area contributed by atoms with Crippen molar-refractivity contribution in [1.82, 2.24) is 14.9 Å². The number of carboxylic acid groups (broad SMARTS) is 1. The van der Waals surface area contributed by atoms with Crippen molar-refractivity contribution in [3.8, 4) is 0 Å². The van der Waals surface area contributed by atoms with Gasteiger partial charge < -0.3 is 10.0 Å². The van der Waals surface area contributed by atoms with Gasteiger partial charge in [0.05, 0.1) is 23.7 Å². The molecule has 19 heavy (non-hydrogen) atoms. The fraction of sp³-hybridized carbons (Fsp3) is 0.500. The van der Waals surface area contributed by atoms with E-state index in [9.17, 15) is 9.59 Å². The lowest BCUT2D eigenvalue weighted by molar-refractivity contribution is -0.138. The molecule has 1 atom stereocenters. The van der Waals surface area contributed by atoms with Crippen molar-refractivity contribution >= 4 is 23.6 Å². The molecule has 1 aromatic rings. The van der Waals surface area contributed by atoms with Crippen LogP contribution in [0.2, 0.25) is 0 Å². The first-order chi connectivity index (χ1) is 9.09. The maximum Gasteiger partial charge on any atom is 0.305 e. The standard InChI is InChI=1S/C12H15N3O3S/c1-8-10(5-13-7-14-8)12(18)15-2-3-19-6-9(15)4-11(16)17/h5,7,9H,2-4,6H2,1H3,(H,16,17). The number of carboxylic acids is 1. The van der Waals surface area contributed by atoms with Gasteiger partial charge in [0, 0.05) is 24.2 Å². The van der Waals surface area contributed by atoms with E-state index in [1.54, 1.807) is 23.6 Å². The highest BCUT2D eigenvalue weighted by atomic mass is 32.2. The molecule has 1 unspecified atom stereocenters. The van der Waals surface area contributed by atoms with Crippen LogP contribution in [0.4, 0.5) is 0 Å². The number of aryl methyl sites for hydroxylation is 1. The topological polar surface area (TPSA) is 83.4 Å². The van der Waals surface area contributed by atoms with Crippen LogP contribution in [0, 0.1) is 6.92 Å². The zero-order chi connectivity index (χ0) is 13.8. The van der Waals surface area contributed by atoms with Crippen molar-refractivity contribution in [2.45, 2.75) is 19.4 Å². The van der Waals surface area contributed by atoms with Gasteiger partial charge in [0.15, 0.2) is 0 Å². The molecule has 1 aromatic heterocycles. The number of amides is 1. The second-order valence-corrected chi connectivity index (χ2v) is 5.50. The summed E-state index contributed by atoms with van der Waals surface area (Å²) in [4.78, 5) is 32.8. The Bertz CT molecular complexity index is 495. The molecule has 1 amide bonds. The van der Waals surface area contributed by atoms with Crippen LogP contribution >= 0.6 is 11.8 Å². The summed E-state index contributed by atoms with van der Waals surface area (Å²) in [6.07, 6.45) is 2.86. The van der Waals surface area contributed by atoms with Gasteiger partial charge in [-0.2, -0.15) is 11.8 Å². The highest BCUT2D eigenvalue weighted by Crippen LogP contribution is 2.21.